The highest BCUT2D eigenvalue weighted by Crippen LogP contribution is 2.39. The molecule has 0 saturated heterocycles. The summed E-state index contributed by atoms with van der Waals surface area (Å²) in [7, 11) is 0. The lowest BCUT2D eigenvalue weighted by Gasteiger charge is -2.12. The normalized spacial score (nSPS) is 12.1. The molecule has 0 atom stereocenters. The SMILES string of the molecule is C=C/C=C\C(=C/C)c1nc(-c2ccccc2)nc(-c2ccc(-n3c4ccccc4c4ccc5cc6c(ccn6-c6ccccc6)cc5c43)cc2)n1. The number of allylic oxidation sites excluding steroid dienone is 5. The summed E-state index contributed by atoms with van der Waals surface area (Å²) in [6.45, 7) is 5.82. The summed E-state index contributed by atoms with van der Waals surface area (Å²) in [5, 5.41) is 6.07. The van der Waals surface area contributed by atoms with Crippen LogP contribution in [-0.4, -0.2) is 24.1 Å². The molecule has 9 rings (SSSR count). The Kier molecular flexibility index (Phi) is 7.44. The molecule has 0 aliphatic heterocycles. The van der Waals surface area contributed by atoms with Gasteiger partial charge < -0.3 is 9.13 Å². The lowest BCUT2D eigenvalue weighted by atomic mass is 10.0. The molecular weight excluding hydrogens is 623 g/mol. The van der Waals surface area contributed by atoms with Gasteiger partial charge in [-0.1, -0.05) is 110 Å². The molecule has 0 saturated carbocycles. The van der Waals surface area contributed by atoms with E-state index >= 15 is 0 Å². The molecule has 3 heterocycles. The zero-order valence-electron chi connectivity index (χ0n) is 28.1. The molecule has 5 nitrogen and oxygen atoms in total. The molecule has 0 spiro atoms. The van der Waals surface area contributed by atoms with Gasteiger partial charge >= 0.3 is 0 Å². The fraction of sp³-hybridized carbons (Fsp3) is 0.0217. The van der Waals surface area contributed by atoms with E-state index in [1.54, 1.807) is 6.08 Å². The average Bonchev–Trinajstić information content (AvgIpc) is 3.77. The molecule has 0 amide bonds. The summed E-state index contributed by atoms with van der Waals surface area (Å²) in [5.41, 5.74) is 8.51. The van der Waals surface area contributed by atoms with Gasteiger partial charge in [-0.15, -0.1) is 0 Å². The largest absolute Gasteiger partial charge is 0.317 e. The highest BCUT2D eigenvalue weighted by molar-refractivity contribution is 6.20. The number of aromatic nitrogens is 5. The summed E-state index contributed by atoms with van der Waals surface area (Å²) >= 11 is 0. The summed E-state index contributed by atoms with van der Waals surface area (Å²) in [4.78, 5) is 14.8. The quantitative estimate of drug-likeness (QED) is 0.161. The van der Waals surface area contributed by atoms with Crippen LogP contribution in [0.25, 0.3) is 83.2 Å². The second-order valence-corrected chi connectivity index (χ2v) is 12.5. The molecule has 242 valence electrons. The Hall–Kier alpha value is -6.85. The van der Waals surface area contributed by atoms with Crippen molar-refractivity contribution in [2.45, 2.75) is 6.92 Å². The lowest BCUT2D eigenvalue weighted by Crippen LogP contribution is -2.02. The number of hydrogen-bond donors (Lipinski definition) is 0. The second-order valence-electron chi connectivity index (χ2n) is 12.5. The molecule has 5 heteroatoms. The van der Waals surface area contributed by atoms with Gasteiger partial charge in [0.1, 0.15) is 0 Å². The lowest BCUT2D eigenvalue weighted by molar-refractivity contribution is 1.04. The van der Waals surface area contributed by atoms with Gasteiger partial charge in [-0.25, -0.2) is 15.0 Å². The first-order valence-electron chi connectivity index (χ1n) is 17.1. The van der Waals surface area contributed by atoms with Crippen LogP contribution in [0, 0.1) is 0 Å². The molecule has 3 aromatic heterocycles. The van der Waals surface area contributed by atoms with Gasteiger partial charge in [0.25, 0.3) is 0 Å². The maximum absolute atomic E-state index is 4.95. The Morgan fingerprint density at radius 2 is 1.29 bits per heavy atom. The van der Waals surface area contributed by atoms with E-state index in [-0.39, 0.29) is 0 Å². The van der Waals surface area contributed by atoms with Crippen LogP contribution in [0.2, 0.25) is 0 Å². The van der Waals surface area contributed by atoms with Gasteiger partial charge in [-0.05, 0) is 73.0 Å². The minimum Gasteiger partial charge on any atom is -0.317 e. The molecule has 0 radical (unpaired) electrons. The molecular formula is C46H33N5. The van der Waals surface area contributed by atoms with E-state index < -0.39 is 0 Å². The van der Waals surface area contributed by atoms with Crippen LogP contribution in [-0.2, 0) is 0 Å². The number of nitrogens with zero attached hydrogens (tertiary/aromatic N) is 5. The second kappa shape index (κ2) is 12.6. The van der Waals surface area contributed by atoms with Crippen molar-refractivity contribution in [1.82, 2.24) is 24.1 Å². The standard InChI is InChI=1S/C46H33N5/c1-3-5-14-31(4-2)44-47-45(32-15-8-6-9-16-32)49-46(48-44)33-21-24-37(25-22-33)51-41-20-13-12-19-38(41)39-26-23-34-30-42-35(29-40(34)43(39)51)27-28-50(42)36-17-10-7-11-18-36/h3-30H,1H2,2H3/b14-5-,31-4+. The van der Waals surface area contributed by atoms with Gasteiger partial charge in [-0.3, -0.25) is 0 Å². The van der Waals surface area contributed by atoms with E-state index in [1.807, 2.05) is 55.5 Å². The summed E-state index contributed by atoms with van der Waals surface area (Å²) < 4.78 is 4.65. The van der Waals surface area contributed by atoms with E-state index in [0.717, 1.165) is 33.6 Å². The first-order chi connectivity index (χ1) is 25.2. The third-order valence-corrected chi connectivity index (χ3v) is 9.53. The van der Waals surface area contributed by atoms with Crippen LogP contribution in [0.1, 0.15) is 12.7 Å². The number of hydrogen-bond acceptors (Lipinski definition) is 3. The highest BCUT2D eigenvalue weighted by Gasteiger charge is 2.17. The molecule has 51 heavy (non-hydrogen) atoms. The van der Waals surface area contributed by atoms with Crippen molar-refractivity contribution in [2.75, 3.05) is 0 Å². The minimum absolute atomic E-state index is 0.616. The van der Waals surface area contributed by atoms with E-state index in [1.165, 1.54) is 38.0 Å². The van der Waals surface area contributed by atoms with Crippen molar-refractivity contribution in [2.24, 2.45) is 0 Å². The Morgan fingerprint density at radius 1 is 0.588 bits per heavy atom. The predicted molar refractivity (Wildman–Crippen MR) is 212 cm³/mol. The maximum Gasteiger partial charge on any atom is 0.164 e. The summed E-state index contributed by atoms with van der Waals surface area (Å²) in [5.74, 6) is 1.87. The zero-order chi connectivity index (χ0) is 34.3. The van der Waals surface area contributed by atoms with Crippen LogP contribution in [0.3, 0.4) is 0 Å². The molecule has 0 aliphatic carbocycles. The zero-order valence-corrected chi connectivity index (χ0v) is 28.1. The van der Waals surface area contributed by atoms with E-state index in [9.17, 15) is 0 Å². The molecule has 0 unspecified atom stereocenters. The molecule has 6 aromatic carbocycles. The van der Waals surface area contributed by atoms with Gasteiger partial charge in [0.15, 0.2) is 17.5 Å². The van der Waals surface area contributed by atoms with Crippen molar-refractivity contribution in [3.8, 4) is 34.2 Å². The third kappa shape index (κ3) is 5.23. The monoisotopic (exact) mass is 655 g/mol. The first kappa shape index (κ1) is 30.2. The van der Waals surface area contributed by atoms with Crippen molar-refractivity contribution in [3.05, 3.63) is 182 Å². The fourth-order valence-electron chi connectivity index (χ4n) is 7.08. The topological polar surface area (TPSA) is 48.5 Å². The van der Waals surface area contributed by atoms with Crippen LogP contribution in [0.15, 0.2) is 177 Å². The van der Waals surface area contributed by atoms with Crippen LogP contribution >= 0.6 is 0 Å². The van der Waals surface area contributed by atoms with Crippen LogP contribution < -0.4 is 0 Å². The van der Waals surface area contributed by atoms with Gasteiger partial charge in [0, 0.05) is 55.8 Å². The maximum atomic E-state index is 4.95. The number of benzene rings is 6. The smallest absolute Gasteiger partial charge is 0.164 e. The Balaban J connectivity index is 1.21. The van der Waals surface area contributed by atoms with E-state index in [2.05, 4.69) is 131 Å². The molecule has 9 aromatic rings. The Labute approximate surface area is 295 Å². The van der Waals surface area contributed by atoms with Crippen molar-refractivity contribution in [3.63, 3.8) is 0 Å². The number of para-hydroxylation sites is 2. The summed E-state index contributed by atoms with van der Waals surface area (Å²) in [6, 6.07) is 49.2. The van der Waals surface area contributed by atoms with Crippen LogP contribution in [0.5, 0.6) is 0 Å². The van der Waals surface area contributed by atoms with Gasteiger partial charge in [0.05, 0.1) is 16.6 Å². The average molecular weight is 656 g/mol. The van der Waals surface area contributed by atoms with Crippen molar-refractivity contribution < 1.29 is 0 Å². The predicted octanol–water partition coefficient (Wildman–Crippen LogP) is 11.5. The minimum atomic E-state index is 0.616. The van der Waals surface area contributed by atoms with E-state index in [0.29, 0.717) is 17.5 Å². The summed E-state index contributed by atoms with van der Waals surface area (Å²) in [6.07, 6.45) is 9.79. The van der Waals surface area contributed by atoms with Gasteiger partial charge in [0.2, 0.25) is 0 Å². The number of rotatable bonds is 7. The highest BCUT2D eigenvalue weighted by atomic mass is 15.0. The molecule has 0 N–H and O–H groups in total. The first-order valence-corrected chi connectivity index (χ1v) is 17.1. The van der Waals surface area contributed by atoms with E-state index in [4.69, 9.17) is 15.0 Å². The van der Waals surface area contributed by atoms with Crippen molar-refractivity contribution in [1.29, 1.82) is 0 Å². The van der Waals surface area contributed by atoms with Gasteiger partial charge in [-0.2, -0.15) is 0 Å². The Morgan fingerprint density at radius 3 is 2.04 bits per heavy atom. The fourth-order valence-corrected chi connectivity index (χ4v) is 7.08. The van der Waals surface area contributed by atoms with Crippen molar-refractivity contribution >= 4 is 49.1 Å². The molecule has 0 aliphatic rings. The Bertz CT molecular complexity index is 2800. The molecule has 0 bridgehead atoms. The molecule has 0 fully saturated rings. The number of fused-ring (bicyclic) bond motifs is 6. The van der Waals surface area contributed by atoms with Crippen LogP contribution in [0.4, 0.5) is 0 Å². The third-order valence-electron chi connectivity index (χ3n) is 9.53.